The van der Waals surface area contributed by atoms with Gasteiger partial charge >= 0.3 is 11.9 Å². The molecule has 0 bridgehead atoms. The number of carbonyl (C=O) groups is 2. The van der Waals surface area contributed by atoms with Gasteiger partial charge in [-0.25, -0.2) is 9.59 Å². The maximum atomic E-state index is 13.4. The van der Waals surface area contributed by atoms with Crippen LogP contribution < -0.4 is 0 Å². The molecule has 0 aromatic heterocycles. The fraction of sp³-hybridized carbons (Fsp3) is 0.600. The molecular formula is C35H46O8. The minimum absolute atomic E-state index is 0.0211. The minimum Gasteiger partial charge on any atom is -0.458 e. The Hall–Kier alpha value is -2.78. The standard InChI is InChI=1S/C35H46O8/c1-6-22(2)30(38)42-23(3)33(39)18-19-35(41)32(33,5)28(43-29(37)13-12-24-10-8-7-9-11-24)21-27-31(4)16-15-26(36)20-25(31)14-17-34(27,35)40/h6-14,23,26-28,36,39-41H,15-21H2,1-5H3. The van der Waals surface area contributed by atoms with Crippen molar-refractivity contribution in [1.29, 1.82) is 0 Å². The Morgan fingerprint density at radius 3 is 2.44 bits per heavy atom. The lowest BCUT2D eigenvalue weighted by Crippen LogP contribution is -2.78. The second-order valence-electron chi connectivity index (χ2n) is 13.6. The van der Waals surface area contributed by atoms with Crippen LogP contribution in [0.25, 0.3) is 6.08 Å². The number of aliphatic hydroxyl groups is 4. The summed E-state index contributed by atoms with van der Waals surface area (Å²) in [5.74, 6) is -1.73. The summed E-state index contributed by atoms with van der Waals surface area (Å²) >= 11 is 0. The Kier molecular flexibility index (Phi) is 8.08. The molecule has 0 aliphatic heterocycles. The molecule has 0 amide bonds. The van der Waals surface area contributed by atoms with Gasteiger partial charge in [0.15, 0.2) is 0 Å². The zero-order valence-corrected chi connectivity index (χ0v) is 25.9. The van der Waals surface area contributed by atoms with E-state index in [9.17, 15) is 30.0 Å². The molecule has 3 saturated carbocycles. The highest BCUT2D eigenvalue weighted by molar-refractivity contribution is 5.88. The third-order valence-corrected chi connectivity index (χ3v) is 11.8. The van der Waals surface area contributed by atoms with E-state index in [1.807, 2.05) is 36.4 Å². The molecule has 8 nitrogen and oxygen atoms in total. The second-order valence-corrected chi connectivity index (χ2v) is 13.6. The van der Waals surface area contributed by atoms with E-state index in [1.54, 1.807) is 39.8 Å². The Bertz CT molecular complexity index is 1350. The van der Waals surface area contributed by atoms with Crippen LogP contribution in [0.4, 0.5) is 0 Å². The van der Waals surface area contributed by atoms with E-state index in [-0.39, 0.29) is 25.7 Å². The molecule has 9 atom stereocenters. The van der Waals surface area contributed by atoms with Gasteiger partial charge in [0.2, 0.25) is 0 Å². The zero-order valence-electron chi connectivity index (χ0n) is 25.9. The molecule has 0 saturated heterocycles. The lowest BCUT2D eigenvalue weighted by molar-refractivity contribution is -0.326. The summed E-state index contributed by atoms with van der Waals surface area (Å²) in [6, 6.07) is 9.32. The maximum Gasteiger partial charge on any atom is 0.333 e. The number of aliphatic hydroxyl groups excluding tert-OH is 1. The molecule has 1 aromatic carbocycles. The molecule has 4 aliphatic carbocycles. The summed E-state index contributed by atoms with van der Waals surface area (Å²) in [7, 11) is 0. The molecule has 0 spiro atoms. The third-order valence-electron chi connectivity index (χ3n) is 11.8. The molecule has 4 aliphatic rings. The molecule has 0 radical (unpaired) electrons. The molecule has 1 aromatic rings. The van der Waals surface area contributed by atoms with Crippen LogP contribution in [0, 0.1) is 16.7 Å². The molecule has 8 heteroatoms. The molecule has 3 fully saturated rings. The SMILES string of the molecule is CC=C(C)C(=O)OC(C)C1(O)CCC2(O)C3(O)CC=C4CC(O)CCC4(C)C3CC(OC(=O)C=Cc3ccccc3)C12C. The Morgan fingerprint density at radius 2 is 1.77 bits per heavy atom. The highest BCUT2D eigenvalue weighted by atomic mass is 16.6. The van der Waals surface area contributed by atoms with Gasteiger partial charge in [0.25, 0.3) is 0 Å². The van der Waals surface area contributed by atoms with Crippen molar-refractivity contribution < 1.29 is 39.5 Å². The van der Waals surface area contributed by atoms with E-state index in [0.717, 1.165) is 11.1 Å². The number of rotatable bonds is 6. The highest BCUT2D eigenvalue weighted by Gasteiger charge is 2.81. The van der Waals surface area contributed by atoms with Crippen LogP contribution >= 0.6 is 0 Å². The maximum absolute atomic E-state index is 13.4. The van der Waals surface area contributed by atoms with Crippen molar-refractivity contribution >= 4 is 18.0 Å². The molecule has 4 N–H and O–H groups in total. The van der Waals surface area contributed by atoms with Crippen molar-refractivity contribution in [2.45, 2.75) is 115 Å². The lowest BCUT2D eigenvalue weighted by atomic mass is 9.42. The smallest absolute Gasteiger partial charge is 0.333 e. The topological polar surface area (TPSA) is 134 Å². The largest absolute Gasteiger partial charge is 0.458 e. The number of carbonyl (C=O) groups excluding carboxylic acids is 2. The summed E-state index contributed by atoms with van der Waals surface area (Å²) in [5, 5.41) is 48.4. The van der Waals surface area contributed by atoms with Crippen molar-refractivity contribution in [2.24, 2.45) is 16.7 Å². The number of fused-ring (bicyclic) bond motifs is 5. The quantitative estimate of drug-likeness (QED) is 0.216. The average Bonchev–Trinajstić information content (AvgIpc) is 3.22. The number of benzene rings is 1. The summed E-state index contributed by atoms with van der Waals surface area (Å²) in [6.07, 6.45) is 6.00. The first-order chi connectivity index (χ1) is 20.2. The second kappa shape index (κ2) is 11.0. The van der Waals surface area contributed by atoms with Crippen LogP contribution in [-0.2, 0) is 19.1 Å². The number of hydrogen-bond acceptors (Lipinski definition) is 8. The summed E-state index contributed by atoms with van der Waals surface area (Å²) in [4.78, 5) is 26.2. The summed E-state index contributed by atoms with van der Waals surface area (Å²) < 4.78 is 11.9. The van der Waals surface area contributed by atoms with Crippen LogP contribution in [0.1, 0.15) is 85.1 Å². The van der Waals surface area contributed by atoms with E-state index < -0.39 is 63.8 Å². The highest BCUT2D eigenvalue weighted by Crippen LogP contribution is 2.71. The van der Waals surface area contributed by atoms with Crippen LogP contribution in [0.5, 0.6) is 0 Å². The fourth-order valence-corrected chi connectivity index (χ4v) is 8.87. The molecule has 234 valence electrons. The normalized spacial score (nSPS) is 41.5. The van der Waals surface area contributed by atoms with Crippen molar-refractivity contribution in [3.63, 3.8) is 0 Å². The van der Waals surface area contributed by atoms with Crippen molar-refractivity contribution in [1.82, 2.24) is 0 Å². The van der Waals surface area contributed by atoms with Gasteiger partial charge in [0.05, 0.1) is 11.5 Å². The van der Waals surface area contributed by atoms with Gasteiger partial charge in [0, 0.05) is 17.6 Å². The van der Waals surface area contributed by atoms with Crippen molar-refractivity contribution in [3.05, 3.63) is 65.3 Å². The molecule has 43 heavy (non-hydrogen) atoms. The first-order valence-electron chi connectivity index (χ1n) is 15.5. The number of allylic oxidation sites excluding steroid dienone is 1. The van der Waals surface area contributed by atoms with Crippen LogP contribution in [-0.4, -0.2) is 67.5 Å². The number of ether oxygens (including phenoxy) is 2. The Balaban J connectivity index is 1.58. The Labute approximate surface area is 254 Å². The van der Waals surface area contributed by atoms with Gasteiger partial charge in [-0.2, -0.15) is 0 Å². The predicted octanol–water partition coefficient (Wildman–Crippen LogP) is 4.40. The molecule has 0 heterocycles. The van der Waals surface area contributed by atoms with Crippen molar-refractivity contribution in [2.75, 3.05) is 0 Å². The van der Waals surface area contributed by atoms with Crippen LogP contribution in [0.2, 0.25) is 0 Å². The first kappa shape index (κ1) is 31.6. The van der Waals surface area contributed by atoms with Gasteiger partial charge in [-0.05, 0) is 82.8 Å². The van der Waals surface area contributed by atoms with E-state index in [4.69, 9.17) is 9.47 Å². The lowest BCUT2D eigenvalue weighted by Gasteiger charge is -2.67. The van der Waals surface area contributed by atoms with Gasteiger partial charge in [-0.1, -0.05) is 61.9 Å². The average molecular weight is 595 g/mol. The third kappa shape index (κ3) is 4.64. The van der Waals surface area contributed by atoms with E-state index >= 15 is 0 Å². The summed E-state index contributed by atoms with van der Waals surface area (Å²) in [6.45, 7) is 8.65. The van der Waals surface area contributed by atoms with E-state index in [0.29, 0.717) is 24.8 Å². The van der Waals surface area contributed by atoms with Crippen LogP contribution in [0.3, 0.4) is 0 Å². The number of esters is 2. The predicted molar refractivity (Wildman–Crippen MR) is 161 cm³/mol. The number of hydrogen-bond donors (Lipinski definition) is 4. The molecule has 9 unspecified atom stereocenters. The molecule has 5 rings (SSSR count). The van der Waals surface area contributed by atoms with Gasteiger partial charge in [-0.15, -0.1) is 0 Å². The van der Waals surface area contributed by atoms with Gasteiger partial charge in [0.1, 0.15) is 29.0 Å². The van der Waals surface area contributed by atoms with Crippen molar-refractivity contribution in [3.8, 4) is 0 Å². The van der Waals surface area contributed by atoms with Gasteiger partial charge < -0.3 is 29.9 Å². The monoisotopic (exact) mass is 594 g/mol. The minimum atomic E-state index is -1.89. The Morgan fingerprint density at radius 1 is 1.07 bits per heavy atom. The fourth-order valence-electron chi connectivity index (χ4n) is 8.87. The zero-order chi connectivity index (χ0) is 31.4. The van der Waals surface area contributed by atoms with E-state index in [1.165, 1.54) is 6.08 Å². The van der Waals surface area contributed by atoms with Gasteiger partial charge in [-0.3, -0.25) is 0 Å². The van der Waals surface area contributed by atoms with Crippen LogP contribution in [0.15, 0.2) is 59.7 Å². The molecular weight excluding hydrogens is 548 g/mol. The first-order valence-corrected chi connectivity index (χ1v) is 15.5. The van der Waals surface area contributed by atoms with E-state index in [2.05, 4.69) is 6.92 Å². The summed E-state index contributed by atoms with van der Waals surface area (Å²) in [5.41, 5.74) is -5.28.